The Labute approximate surface area is 210 Å². The fourth-order valence-corrected chi connectivity index (χ4v) is 4.94. The molecule has 0 bridgehead atoms. The number of benzene rings is 3. The van der Waals surface area contributed by atoms with Gasteiger partial charge in [-0.1, -0.05) is 71.7 Å². The molecule has 1 saturated heterocycles. The van der Waals surface area contributed by atoms with Crippen molar-refractivity contribution in [1.29, 1.82) is 0 Å². The molecule has 2 aliphatic heterocycles. The second-order valence-electron chi connectivity index (χ2n) is 8.65. The van der Waals surface area contributed by atoms with Gasteiger partial charge in [0.2, 0.25) is 0 Å². The Morgan fingerprint density at radius 3 is 2.09 bits per heavy atom. The molecule has 0 radical (unpaired) electrons. The van der Waals surface area contributed by atoms with Crippen LogP contribution in [0.2, 0.25) is 10.0 Å². The molecule has 2 amide bonds. The minimum absolute atomic E-state index is 0.0279. The number of hydrogen-bond donors (Lipinski definition) is 1. The molecule has 0 aromatic heterocycles. The molecule has 1 fully saturated rings. The van der Waals surface area contributed by atoms with Crippen LogP contribution in [0.5, 0.6) is 0 Å². The predicted octanol–water partition coefficient (Wildman–Crippen LogP) is 5.87. The van der Waals surface area contributed by atoms with Crippen molar-refractivity contribution in [3.8, 4) is 0 Å². The number of aliphatic imine (C=N–C) groups is 1. The average molecular weight is 493 g/mol. The topological polar surface area (TPSA) is 47.9 Å². The SMILES string of the molecule is Cc1ccccc1C1=NC(c2ccc(Cl)cc2)C(c2ccc(Cl)cc2)N1C(=O)N1CCNCC1. The summed E-state index contributed by atoms with van der Waals surface area (Å²) in [4.78, 5) is 23.1. The third-order valence-electron chi connectivity index (χ3n) is 6.47. The van der Waals surface area contributed by atoms with Crippen LogP contribution < -0.4 is 5.32 Å². The summed E-state index contributed by atoms with van der Waals surface area (Å²) in [6.45, 7) is 4.94. The van der Waals surface area contributed by atoms with E-state index in [9.17, 15) is 4.79 Å². The Hall–Kier alpha value is -2.86. The van der Waals surface area contributed by atoms with Crippen LogP contribution in [0.15, 0.2) is 77.8 Å². The summed E-state index contributed by atoms with van der Waals surface area (Å²) >= 11 is 12.4. The van der Waals surface area contributed by atoms with Crippen molar-refractivity contribution < 1.29 is 4.79 Å². The highest BCUT2D eigenvalue weighted by Crippen LogP contribution is 2.44. The number of rotatable bonds is 3. The van der Waals surface area contributed by atoms with Crippen molar-refractivity contribution in [1.82, 2.24) is 15.1 Å². The van der Waals surface area contributed by atoms with Gasteiger partial charge < -0.3 is 10.2 Å². The number of urea groups is 1. The standard InChI is InChI=1S/C27H26Cl2N4O/c1-18-4-2-3-5-23(18)26-31-24(19-6-10-21(28)11-7-19)25(20-8-12-22(29)13-9-20)33(26)27(34)32-16-14-30-15-17-32/h2-13,24-25,30H,14-17H2,1H3. The van der Waals surface area contributed by atoms with Crippen molar-refractivity contribution in [2.45, 2.75) is 19.0 Å². The highest BCUT2D eigenvalue weighted by molar-refractivity contribution is 6.30. The van der Waals surface area contributed by atoms with Crippen LogP contribution in [0, 0.1) is 6.92 Å². The lowest BCUT2D eigenvalue weighted by molar-refractivity contribution is 0.157. The van der Waals surface area contributed by atoms with E-state index < -0.39 is 0 Å². The van der Waals surface area contributed by atoms with Crippen LogP contribution in [-0.2, 0) is 0 Å². The van der Waals surface area contributed by atoms with Crippen LogP contribution in [0.1, 0.15) is 34.3 Å². The summed E-state index contributed by atoms with van der Waals surface area (Å²) in [6.07, 6.45) is 0. The van der Waals surface area contributed by atoms with E-state index in [1.807, 2.05) is 76.5 Å². The highest BCUT2D eigenvalue weighted by Gasteiger charge is 2.44. The number of hydrogen-bond acceptors (Lipinski definition) is 3. The first-order chi connectivity index (χ1) is 16.5. The Morgan fingerprint density at radius 1 is 0.882 bits per heavy atom. The van der Waals surface area contributed by atoms with E-state index >= 15 is 0 Å². The maximum Gasteiger partial charge on any atom is 0.326 e. The van der Waals surface area contributed by atoms with E-state index in [4.69, 9.17) is 28.2 Å². The fraction of sp³-hybridized carbons (Fsp3) is 0.259. The highest BCUT2D eigenvalue weighted by atomic mass is 35.5. The maximum absolute atomic E-state index is 14.1. The van der Waals surface area contributed by atoms with Crippen molar-refractivity contribution in [3.63, 3.8) is 0 Å². The number of aryl methyl sites for hydroxylation is 1. The number of nitrogens with zero attached hydrogens (tertiary/aromatic N) is 3. The summed E-state index contributed by atoms with van der Waals surface area (Å²) in [5, 5.41) is 4.66. The molecule has 1 N–H and O–H groups in total. The summed E-state index contributed by atoms with van der Waals surface area (Å²) in [5.74, 6) is 0.696. The van der Waals surface area contributed by atoms with Gasteiger partial charge in [-0.25, -0.2) is 4.79 Å². The van der Waals surface area contributed by atoms with Gasteiger partial charge in [0.15, 0.2) is 0 Å². The minimum atomic E-state index is -0.310. The lowest BCUT2D eigenvalue weighted by atomic mass is 9.93. The smallest absolute Gasteiger partial charge is 0.322 e. The molecule has 5 nitrogen and oxygen atoms in total. The van der Waals surface area contributed by atoms with Crippen molar-refractivity contribution in [2.24, 2.45) is 4.99 Å². The van der Waals surface area contributed by atoms with Gasteiger partial charge in [-0.05, 0) is 47.9 Å². The van der Waals surface area contributed by atoms with E-state index in [0.717, 1.165) is 35.3 Å². The molecule has 34 heavy (non-hydrogen) atoms. The molecule has 0 saturated carbocycles. The van der Waals surface area contributed by atoms with Gasteiger partial charge in [0.05, 0.1) is 6.04 Å². The third kappa shape index (κ3) is 4.43. The molecule has 5 rings (SSSR count). The molecule has 2 unspecified atom stereocenters. The lowest BCUT2D eigenvalue weighted by Gasteiger charge is -2.36. The van der Waals surface area contributed by atoms with E-state index in [-0.39, 0.29) is 18.1 Å². The summed E-state index contributed by atoms with van der Waals surface area (Å²) in [5.41, 5.74) is 4.03. The quantitative estimate of drug-likeness (QED) is 0.496. The van der Waals surface area contributed by atoms with Gasteiger partial charge in [-0.15, -0.1) is 0 Å². The zero-order valence-electron chi connectivity index (χ0n) is 18.9. The normalized spacial score (nSPS) is 20.4. The first kappa shape index (κ1) is 22.9. The number of amides is 2. The molecule has 3 aromatic rings. The fourth-order valence-electron chi connectivity index (χ4n) is 4.69. The van der Waals surface area contributed by atoms with Crippen molar-refractivity contribution >= 4 is 35.1 Å². The van der Waals surface area contributed by atoms with E-state index in [1.165, 1.54) is 0 Å². The lowest BCUT2D eigenvalue weighted by Crippen LogP contribution is -2.53. The van der Waals surface area contributed by atoms with Crippen LogP contribution in [0.4, 0.5) is 4.79 Å². The monoisotopic (exact) mass is 492 g/mol. The number of piperazine rings is 1. The molecule has 7 heteroatoms. The van der Waals surface area contributed by atoms with Gasteiger partial charge in [0.25, 0.3) is 0 Å². The molecule has 174 valence electrons. The Balaban J connectivity index is 1.67. The second-order valence-corrected chi connectivity index (χ2v) is 9.52. The van der Waals surface area contributed by atoms with Crippen molar-refractivity contribution in [2.75, 3.05) is 26.2 Å². The Kier molecular flexibility index (Phi) is 6.59. The Morgan fingerprint density at radius 2 is 1.47 bits per heavy atom. The van der Waals surface area contributed by atoms with E-state index in [1.54, 1.807) is 0 Å². The number of carbonyl (C=O) groups is 1. The summed E-state index contributed by atoms with van der Waals surface area (Å²) in [6, 6.07) is 22.9. The van der Waals surface area contributed by atoms with Crippen LogP contribution in [-0.4, -0.2) is 47.8 Å². The van der Waals surface area contributed by atoms with Crippen LogP contribution >= 0.6 is 23.2 Å². The molecule has 2 atom stereocenters. The summed E-state index contributed by atoms with van der Waals surface area (Å²) in [7, 11) is 0. The molecule has 0 spiro atoms. The first-order valence-electron chi connectivity index (χ1n) is 11.5. The third-order valence-corrected chi connectivity index (χ3v) is 6.97. The van der Waals surface area contributed by atoms with Gasteiger partial charge >= 0.3 is 6.03 Å². The van der Waals surface area contributed by atoms with Crippen LogP contribution in [0.25, 0.3) is 0 Å². The molecule has 3 aromatic carbocycles. The maximum atomic E-state index is 14.1. The largest absolute Gasteiger partial charge is 0.326 e. The van der Waals surface area contributed by atoms with Crippen LogP contribution in [0.3, 0.4) is 0 Å². The Bertz CT molecular complexity index is 1200. The van der Waals surface area contributed by atoms with Gasteiger partial charge in [-0.2, -0.15) is 0 Å². The van der Waals surface area contributed by atoms with Gasteiger partial charge in [0.1, 0.15) is 11.9 Å². The summed E-state index contributed by atoms with van der Waals surface area (Å²) < 4.78 is 0. The number of amidine groups is 1. The molecule has 2 heterocycles. The zero-order chi connectivity index (χ0) is 23.7. The number of carbonyl (C=O) groups excluding carboxylic acids is 1. The molecule has 2 aliphatic rings. The average Bonchev–Trinajstić information content (AvgIpc) is 3.25. The van der Waals surface area contributed by atoms with E-state index in [0.29, 0.717) is 29.0 Å². The second kappa shape index (κ2) is 9.79. The minimum Gasteiger partial charge on any atom is -0.322 e. The number of nitrogens with one attached hydrogen (secondary N) is 1. The predicted molar refractivity (Wildman–Crippen MR) is 138 cm³/mol. The van der Waals surface area contributed by atoms with E-state index in [2.05, 4.69) is 18.3 Å². The molecular weight excluding hydrogens is 467 g/mol. The van der Waals surface area contributed by atoms with Gasteiger partial charge in [0, 0.05) is 41.8 Å². The zero-order valence-corrected chi connectivity index (χ0v) is 20.4. The number of halogens is 2. The molecular formula is C27H26Cl2N4O. The molecule has 0 aliphatic carbocycles. The van der Waals surface area contributed by atoms with Crippen molar-refractivity contribution in [3.05, 3.63) is 105 Å². The first-order valence-corrected chi connectivity index (χ1v) is 12.2. The van der Waals surface area contributed by atoms with Gasteiger partial charge in [-0.3, -0.25) is 9.89 Å².